The van der Waals surface area contributed by atoms with E-state index in [1.807, 2.05) is 4.90 Å². The maximum Gasteiger partial charge on any atom is 0.320 e. The van der Waals surface area contributed by atoms with Crippen LogP contribution in [0.5, 0.6) is 0 Å². The van der Waals surface area contributed by atoms with Gasteiger partial charge in [-0.2, -0.15) is 0 Å². The smallest absolute Gasteiger partial charge is 0.320 e. The van der Waals surface area contributed by atoms with Gasteiger partial charge in [0.15, 0.2) is 0 Å². The highest BCUT2D eigenvalue weighted by Crippen LogP contribution is 2.25. The van der Waals surface area contributed by atoms with Crippen LogP contribution in [0.4, 0.5) is 4.79 Å². The third kappa shape index (κ3) is 2.62. The van der Waals surface area contributed by atoms with Crippen LogP contribution in [0.15, 0.2) is 0 Å². The van der Waals surface area contributed by atoms with Crippen LogP contribution in [-0.2, 0) is 0 Å². The summed E-state index contributed by atoms with van der Waals surface area (Å²) < 4.78 is 0. The molecule has 0 atom stereocenters. The van der Waals surface area contributed by atoms with Gasteiger partial charge in [-0.25, -0.2) is 4.79 Å². The van der Waals surface area contributed by atoms with Crippen LogP contribution in [0.1, 0.15) is 38.5 Å². The Hall–Kier alpha value is -0.440. The zero-order valence-corrected chi connectivity index (χ0v) is 10.6. The monoisotopic (exact) mass is 244 g/mol. The van der Waals surface area contributed by atoms with Crippen LogP contribution >= 0.6 is 11.6 Å². The van der Waals surface area contributed by atoms with Gasteiger partial charge in [-0.1, -0.05) is 19.3 Å². The molecule has 16 heavy (non-hydrogen) atoms. The van der Waals surface area contributed by atoms with E-state index < -0.39 is 0 Å². The van der Waals surface area contributed by atoms with E-state index in [9.17, 15) is 4.79 Å². The molecular weight excluding hydrogens is 224 g/mol. The van der Waals surface area contributed by atoms with E-state index in [1.165, 1.54) is 32.1 Å². The minimum Gasteiger partial charge on any atom is -0.323 e. The van der Waals surface area contributed by atoms with Crippen LogP contribution in [0.25, 0.3) is 0 Å². The predicted octanol–water partition coefficient (Wildman–Crippen LogP) is 2.69. The second-order valence-corrected chi connectivity index (χ2v) is 5.18. The molecule has 0 aromatic rings. The topological polar surface area (TPSA) is 23.6 Å². The molecule has 92 valence electrons. The van der Waals surface area contributed by atoms with Gasteiger partial charge in [0.2, 0.25) is 0 Å². The molecule has 2 fully saturated rings. The highest BCUT2D eigenvalue weighted by molar-refractivity contribution is 6.17. The van der Waals surface area contributed by atoms with Crippen molar-refractivity contribution in [2.24, 2.45) is 0 Å². The summed E-state index contributed by atoms with van der Waals surface area (Å²) in [7, 11) is 0. The van der Waals surface area contributed by atoms with Crippen LogP contribution in [0, 0.1) is 0 Å². The number of rotatable bonds is 4. The Morgan fingerprint density at radius 2 is 1.94 bits per heavy atom. The van der Waals surface area contributed by atoms with E-state index >= 15 is 0 Å². The molecule has 0 bridgehead atoms. The van der Waals surface area contributed by atoms with Crippen molar-refractivity contribution in [2.75, 3.05) is 25.5 Å². The van der Waals surface area contributed by atoms with Crippen molar-refractivity contribution in [2.45, 2.75) is 44.6 Å². The van der Waals surface area contributed by atoms with Crippen molar-refractivity contribution in [3.63, 3.8) is 0 Å². The number of nitrogens with zero attached hydrogens (tertiary/aromatic N) is 2. The van der Waals surface area contributed by atoms with Crippen molar-refractivity contribution in [3.05, 3.63) is 0 Å². The molecule has 3 nitrogen and oxygen atoms in total. The van der Waals surface area contributed by atoms with Gasteiger partial charge in [0, 0.05) is 31.6 Å². The van der Waals surface area contributed by atoms with Crippen LogP contribution in [0.3, 0.4) is 0 Å². The first kappa shape index (κ1) is 12.0. The van der Waals surface area contributed by atoms with E-state index in [1.54, 1.807) is 0 Å². The van der Waals surface area contributed by atoms with E-state index in [0.29, 0.717) is 11.9 Å². The highest BCUT2D eigenvalue weighted by Gasteiger charge is 2.33. The molecular formula is C12H21ClN2O. The fraction of sp³-hybridized carbons (Fsp3) is 0.917. The maximum atomic E-state index is 12.1. The minimum absolute atomic E-state index is 0.247. The molecule has 2 amide bonds. The van der Waals surface area contributed by atoms with Crippen molar-refractivity contribution in [1.82, 2.24) is 9.80 Å². The molecule has 1 saturated carbocycles. The zero-order valence-electron chi connectivity index (χ0n) is 9.83. The SMILES string of the molecule is O=C1N(CCCCl)CCN1C1CCCCC1. The summed E-state index contributed by atoms with van der Waals surface area (Å²) >= 11 is 5.66. The molecule has 0 aromatic heterocycles. The summed E-state index contributed by atoms with van der Waals surface area (Å²) in [5.74, 6) is 0.646. The maximum absolute atomic E-state index is 12.1. The number of carbonyl (C=O) groups is 1. The average molecular weight is 245 g/mol. The molecule has 0 spiro atoms. The van der Waals surface area contributed by atoms with Crippen LogP contribution in [-0.4, -0.2) is 47.4 Å². The summed E-state index contributed by atoms with van der Waals surface area (Å²) in [5, 5.41) is 0. The average Bonchev–Trinajstić information content (AvgIpc) is 2.69. The first-order chi connectivity index (χ1) is 7.83. The molecule has 2 rings (SSSR count). The molecule has 0 unspecified atom stereocenters. The number of alkyl halides is 1. The number of urea groups is 1. The quantitative estimate of drug-likeness (QED) is 0.698. The summed E-state index contributed by atoms with van der Waals surface area (Å²) in [5.41, 5.74) is 0. The van der Waals surface area contributed by atoms with Gasteiger partial charge < -0.3 is 9.80 Å². The Morgan fingerprint density at radius 1 is 1.19 bits per heavy atom. The molecule has 0 N–H and O–H groups in total. The summed E-state index contributed by atoms with van der Waals surface area (Å²) in [6.07, 6.45) is 7.23. The van der Waals surface area contributed by atoms with E-state index in [2.05, 4.69) is 4.90 Å². The summed E-state index contributed by atoms with van der Waals surface area (Å²) in [6, 6.07) is 0.763. The number of hydrogen-bond acceptors (Lipinski definition) is 1. The minimum atomic E-state index is 0.247. The van der Waals surface area contributed by atoms with Gasteiger partial charge in [0.25, 0.3) is 0 Å². The van der Waals surface area contributed by atoms with Gasteiger partial charge in [0.05, 0.1) is 0 Å². The Morgan fingerprint density at radius 3 is 2.62 bits per heavy atom. The Labute approximate surface area is 103 Å². The van der Waals surface area contributed by atoms with Gasteiger partial charge in [-0.05, 0) is 19.3 Å². The number of amides is 2. The number of hydrogen-bond donors (Lipinski definition) is 0. The molecule has 1 saturated heterocycles. The van der Waals surface area contributed by atoms with Crippen molar-refractivity contribution in [3.8, 4) is 0 Å². The van der Waals surface area contributed by atoms with Crippen molar-refractivity contribution in [1.29, 1.82) is 0 Å². The molecule has 2 aliphatic rings. The first-order valence-electron chi connectivity index (χ1n) is 6.44. The van der Waals surface area contributed by atoms with Gasteiger partial charge in [-0.3, -0.25) is 0 Å². The van der Waals surface area contributed by atoms with E-state index in [0.717, 1.165) is 26.1 Å². The predicted molar refractivity (Wildman–Crippen MR) is 65.9 cm³/mol. The lowest BCUT2D eigenvalue weighted by molar-refractivity contribution is 0.163. The van der Waals surface area contributed by atoms with E-state index in [-0.39, 0.29) is 6.03 Å². The Kier molecular flexibility index (Phi) is 4.33. The van der Waals surface area contributed by atoms with Gasteiger partial charge >= 0.3 is 6.03 Å². The number of halogens is 1. The third-order valence-electron chi connectivity index (χ3n) is 3.70. The van der Waals surface area contributed by atoms with Gasteiger partial charge in [-0.15, -0.1) is 11.6 Å². The normalized spacial score (nSPS) is 23.2. The summed E-state index contributed by atoms with van der Waals surface area (Å²) in [4.78, 5) is 16.2. The lowest BCUT2D eigenvalue weighted by atomic mass is 9.94. The van der Waals surface area contributed by atoms with Crippen LogP contribution in [0.2, 0.25) is 0 Å². The fourth-order valence-corrected chi connectivity index (χ4v) is 2.91. The highest BCUT2D eigenvalue weighted by atomic mass is 35.5. The molecule has 0 radical (unpaired) electrons. The largest absolute Gasteiger partial charge is 0.323 e. The third-order valence-corrected chi connectivity index (χ3v) is 3.97. The zero-order chi connectivity index (χ0) is 11.4. The molecule has 1 aliphatic carbocycles. The number of carbonyl (C=O) groups excluding carboxylic acids is 1. The molecule has 4 heteroatoms. The Balaban J connectivity index is 1.85. The van der Waals surface area contributed by atoms with Crippen molar-refractivity contribution >= 4 is 17.6 Å². The van der Waals surface area contributed by atoms with Crippen LogP contribution < -0.4 is 0 Å². The molecule has 1 heterocycles. The fourth-order valence-electron chi connectivity index (χ4n) is 2.79. The lowest BCUT2D eigenvalue weighted by Crippen LogP contribution is -2.40. The second-order valence-electron chi connectivity index (χ2n) is 4.80. The first-order valence-corrected chi connectivity index (χ1v) is 6.98. The van der Waals surface area contributed by atoms with E-state index in [4.69, 9.17) is 11.6 Å². The van der Waals surface area contributed by atoms with Gasteiger partial charge in [0.1, 0.15) is 0 Å². The summed E-state index contributed by atoms with van der Waals surface area (Å²) in [6.45, 7) is 2.64. The van der Waals surface area contributed by atoms with Crippen molar-refractivity contribution < 1.29 is 4.79 Å². The lowest BCUT2D eigenvalue weighted by Gasteiger charge is -2.30. The second kappa shape index (κ2) is 5.76. The molecule has 1 aliphatic heterocycles. The Bertz CT molecular complexity index is 241. The standard InChI is InChI=1S/C12H21ClN2O/c13-7-4-8-14-9-10-15(12(14)16)11-5-2-1-3-6-11/h11H,1-10H2. The molecule has 0 aromatic carbocycles.